The van der Waals surface area contributed by atoms with Gasteiger partial charge in [-0.15, -0.1) is 0 Å². The summed E-state index contributed by atoms with van der Waals surface area (Å²) in [5.41, 5.74) is 8.25. The van der Waals surface area contributed by atoms with Gasteiger partial charge < -0.3 is 16.0 Å². The fourth-order valence-electron chi connectivity index (χ4n) is 2.90. The van der Waals surface area contributed by atoms with Gasteiger partial charge in [-0.3, -0.25) is 0 Å². The predicted octanol–water partition coefficient (Wildman–Crippen LogP) is 1.08. The molecule has 0 aromatic carbocycles. The summed E-state index contributed by atoms with van der Waals surface area (Å²) in [5.74, 6) is 1.51. The number of anilines is 2. The minimum atomic E-state index is 0.414. The highest BCUT2D eigenvalue weighted by Gasteiger charge is 2.21. The van der Waals surface area contributed by atoms with Gasteiger partial charge in [0.25, 0.3) is 0 Å². The number of nitrogens with two attached hydrogens (primary N) is 1. The number of nitrogens with one attached hydrogen (secondary N) is 1. The first-order valence-electron chi connectivity index (χ1n) is 6.95. The molecule has 0 radical (unpaired) electrons. The Morgan fingerprint density at radius 1 is 1.06 bits per heavy atom. The zero-order valence-electron chi connectivity index (χ0n) is 10.8. The molecular formula is C13H21N5. The SMILES string of the molecule is Nc1nc2c(c(N3CCCCCC3)n1)CCNC2. The van der Waals surface area contributed by atoms with Crippen LogP contribution in [0.2, 0.25) is 0 Å². The highest BCUT2D eigenvalue weighted by Crippen LogP contribution is 2.26. The van der Waals surface area contributed by atoms with Crippen LogP contribution in [0.4, 0.5) is 11.8 Å². The maximum absolute atomic E-state index is 5.85. The van der Waals surface area contributed by atoms with E-state index in [1.165, 1.54) is 31.2 Å². The van der Waals surface area contributed by atoms with Crippen molar-refractivity contribution in [3.05, 3.63) is 11.3 Å². The molecule has 2 aliphatic heterocycles. The zero-order valence-corrected chi connectivity index (χ0v) is 10.8. The van der Waals surface area contributed by atoms with Crippen LogP contribution in [0.15, 0.2) is 0 Å². The van der Waals surface area contributed by atoms with Crippen molar-refractivity contribution in [2.45, 2.75) is 38.6 Å². The molecule has 3 rings (SSSR count). The van der Waals surface area contributed by atoms with Gasteiger partial charge in [0.05, 0.1) is 5.69 Å². The highest BCUT2D eigenvalue weighted by molar-refractivity contribution is 5.53. The fraction of sp³-hybridized carbons (Fsp3) is 0.692. The van der Waals surface area contributed by atoms with Crippen LogP contribution in [0.1, 0.15) is 36.9 Å². The van der Waals surface area contributed by atoms with Gasteiger partial charge in [-0.25, -0.2) is 4.98 Å². The van der Waals surface area contributed by atoms with E-state index in [9.17, 15) is 0 Å². The van der Waals surface area contributed by atoms with Gasteiger partial charge in [-0.05, 0) is 25.8 Å². The molecule has 2 aliphatic rings. The number of fused-ring (bicyclic) bond motifs is 1. The van der Waals surface area contributed by atoms with E-state index in [1.54, 1.807) is 0 Å². The summed E-state index contributed by atoms with van der Waals surface area (Å²) >= 11 is 0. The lowest BCUT2D eigenvalue weighted by molar-refractivity contribution is 0.619. The Kier molecular flexibility index (Phi) is 3.32. The van der Waals surface area contributed by atoms with Crippen molar-refractivity contribution in [2.75, 3.05) is 30.3 Å². The van der Waals surface area contributed by atoms with Gasteiger partial charge in [0.15, 0.2) is 0 Å². The van der Waals surface area contributed by atoms with E-state index in [0.717, 1.165) is 44.1 Å². The maximum Gasteiger partial charge on any atom is 0.222 e. The summed E-state index contributed by atoms with van der Waals surface area (Å²) in [6, 6.07) is 0. The zero-order chi connectivity index (χ0) is 12.4. The van der Waals surface area contributed by atoms with Crippen molar-refractivity contribution in [3.63, 3.8) is 0 Å². The minimum Gasteiger partial charge on any atom is -0.368 e. The molecular weight excluding hydrogens is 226 g/mol. The summed E-state index contributed by atoms with van der Waals surface area (Å²) in [7, 11) is 0. The third kappa shape index (κ3) is 2.27. The molecule has 0 aliphatic carbocycles. The number of aromatic nitrogens is 2. The molecule has 1 aromatic heterocycles. The van der Waals surface area contributed by atoms with E-state index >= 15 is 0 Å². The van der Waals surface area contributed by atoms with E-state index in [4.69, 9.17) is 5.73 Å². The molecule has 0 unspecified atom stereocenters. The average molecular weight is 247 g/mol. The molecule has 3 N–H and O–H groups in total. The average Bonchev–Trinajstić information content (AvgIpc) is 2.66. The quantitative estimate of drug-likeness (QED) is 0.777. The Hall–Kier alpha value is -1.36. The van der Waals surface area contributed by atoms with E-state index in [2.05, 4.69) is 20.2 Å². The van der Waals surface area contributed by atoms with Gasteiger partial charge in [0, 0.05) is 25.2 Å². The van der Waals surface area contributed by atoms with Crippen LogP contribution in [-0.4, -0.2) is 29.6 Å². The van der Waals surface area contributed by atoms with Gasteiger partial charge in [-0.2, -0.15) is 4.98 Å². The molecule has 5 heteroatoms. The summed E-state index contributed by atoms with van der Waals surface area (Å²) in [5, 5.41) is 3.35. The summed E-state index contributed by atoms with van der Waals surface area (Å²) in [6.07, 6.45) is 6.21. The van der Waals surface area contributed by atoms with Crippen LogP contribution in [0, 0.1) is 0 Å². The molecule has 18 heavy (non-hydrogen) atoms. The number of hydrogen-bond donors (Lipinski definition) is 2. The fourth-order valence-corrected chi connectivity index (χ4v) is 2.90. The Morgan fingerprint density at radius 2 is 1.83 bits per heavy atom. The maximum atomic E-state index is 5.85. The van der Waals surface area contributed by atoms with Gasteiger partial charge in [-0.1, -0.05) is 12.8 Å². The molecule has 1 saturated heterocycles. The second-order valence-electron chi connectivity index (χ2n) is 5.16. The molecule has 0 atom stereocenters. The smallest absolute Gasteiger partial charge is 0.222 e. The molecule has 0 amide bonds. The largest absolute Gasteiger partial charge is 0.368 e. The summed E-state index contributed by atoms with van der Waals surface area (Å²) in [4.78, 5) is 11.3. The second-order valence-corrected chi connectivity index (χ2v) is 5.16. The van der Waals surface area contributed by atoms with Crippen LogP contribution in [0.25, 0.3) is 0 Å². The first kappa shape index (κ1) is 11.7. The number of rotatable bonds is 1. The first-order valence-corrected chi connectivity index (χ1v) is 6.95. The van der Waals surface area contributed by atoms with Gasteiger partial charge in [0.2, 0.25) is 5.95 Å². The summed E-state index contributed by atoms with van der Waals surface area (Å²) < 4.78 is 0. The van der Waals surface area contributed by atoms with Crippen molar-refractivity contribution in [1.29, 1.82) is 0 Å². The number of nitrogen functional groups attached to an aromatic ring is 1. The van der Waals surface area contributed by atoms with Crippen LogP contribution >= 0.6 is 0 Å². The lowest BCUT2D eigenvalue weighted by Gasteiger charge is -2.27. The van der Waals surface area contributed by atoms with Crippen LogP contribution in [-0.2, 0) is 13.0 Å². The van der Waals surface area contributed by atoms with E-state index < -0.39 is 0 Å². The Bertz CT molecular complexity index is 424. The Morgan fingerprint density at radius 3 is 2.61 bits per heavy atom. The second kappa shape index (κ2) is 5.10. The summed E-state index contributed by atoms with van der Waals surface area (Å²) in [6.45, 7) is 4.05. The van der Waals surface area contributed by atoms with E-state index in [1.807, 2.05) is 0 Å². The van der Waals surface area contributed by atoms with Crippen molar-refractivity contribution in [2.24, 2.45) is 0 Å². The number of nitrogens with zero attached hydrogens (tertiary/aromatic N) is 3. The normalized spacial score (nSPS) is 20.3. The highest BCUT2D eigenvalue weighted by atomic mass is 15.2. The molecule has 0 spiro atoms. The lowest BCUT2D eigenvalue weighted by atomic mass is 10.1. The lowest BCUT2D eigenvalue weighted by Crippen LogP contribution is -2.32. The molecule has 3 heterocycles. The monoisotopic (exact) mass is 247 g/mol. The van der Waals surface area contributed by atoms with Crippen LogP contribution in [0.5, 0.6) is 0 Å². The van der Waals surface area contributed by atoms with Crippen LogP contribution < -0.4 is 16.0 Å². The first-order chi connectivity index (χ1) is 8.84. The van der Waals surface area contributed by atoms with Crippen molar-refractivity contribution in [3.8, 4) is 0 Å². The van der Waals surface area contributed by atoms with Crippen LogP contribution in [0.3, 0.4) is 0 Å². The standard InChI is InChI=1S/C13H21N5/c14-13-16-11-9-15-6-5-10(11)12(17-13)18-7-3-1-2-4-8-18/h15H,1-9H2,(H2,14,16,17). The Balaban J connectivity index is 1.96. The van der Waals surface area contributed by atoms with Crippen molar-refractivity contribution < 1.29 is 0 Å². The van der Waals surface area contributed by atoms with E-state index in [0.29, 0.717) is 5.95 Å². The third-order valence-electron chi connectivity index (χ3n) is 3.84. The molecule has 0 bridgehead atoms. The van der Waals surface area contributed by atoms with Gasteiger partial charge in [0.1, 0.15) is 5.82 Å². The molecule has 1 fully saturated rings. The molecule has 98 valence electrons. The third-order valence-corrected chi connectivity index (χ3v) is 3.84. The predicted molar refractivity (Wildman–Crippen MR) is 72.5 cm³/mol. The van der Waals surface area contributed by atoms with E-state index in [-0.39, 0.29) is 0 Å². The van der Waals surface area contributed by atoms with Gasteiger partial charge >= 0.3 is 0 Å². The topological polar surface area (TPSA) is 67.1 Å². The number of hydrogen-bond acceptors (Lipinski definition) is 5. The minimum absolute atomic E-state index is 0.414. The molecule has 5 nitrogen and oxygen atoms in total. The van der Waals surface area contributed by atoms with Crippen molar-refractivity contribution >= 4 is 11.8 Å². The molecule has 1 aromatic rings. The van der Waals surface area contributed by atoms with Crippen molar-refractivity contribution in [1.82, 2.24) is 15.3 Å². The molecule has 0 saturated carbocycles. The Labute approximate surface area is 108 Å².